The Morgan fingerprint density at radius 1 is 1.17 bits per heavy atom. The number of hydrogen-bond donors (Lipinski definition) is 0. The normalized spacial score (nSPS) is 14.5. The maximum Gasteiger partial charge on any atom is 0.185 e. The van der Waals surface area contributed by atoms with Crippen molar-refractivity contribution >= 4 is 28.6 Å². The van der Waals surface area contributed by atoms with E-state index in [-0.39, 0.29) is 17.1 Å². The molecule has 0 spiro atoms. The summed E-state index contributed by atoms with van der Waals surface area (Å²) in [5.74, 6) is 0.0802. The quantitative estimate of drug-likeness (QED) is 0.483. The minimum Gasteiger partial charge on any atom is -0.494 e. The molecule has 0 saturated carbocycles. The fourth-order valence-corrected chi connectivity index (χ4v) is 3.35. The van der Waals surface area contributed by atoms with Gasteiger partial charge in [-0.25, -0.2) is 9.37 Å². The van der Waals surface area contributed by atoms with Crippen LogP contribution in [0.3, 0.4) is 0 Å². The van der Waals surface area contributed by atoms with Gasteiger partial charge in [0.25, 0.3) is 0 Å². The molecule has 1 fully saturated rings. The van der Waals surface area contributed by atoms with Gasteiger partial charge in [0, 0.05) is 29.6 Å². The van der Waals surface area contributed by atoms with Crippen molar-refractivity contribution in [3.8, 4) is 5.75 Å². The van der Waals surface area contributed by atoms with Crippen molar-refractivity contribution < 1.29 is 18.7 Å². The predicted molar refractivity (Wildman–Crippen MR) is 111 cm³/mol. The highest BCUT2D eigenvalue weighted by atomic mass is 19.1. The second-order valence-corrected chi connectivity index (χ2v) is 6.74. The lowest BCUT2D eigenvalue weighted by molar-refractivity contribution is 0.104. The van der Waals surface area contributed by atoms with Crippen LogP contribution in [0.2, 0.25) is 0 Å². The van der Waals surface area contributed by atoms with Crippen LogP contribution in [0.1, 0.15) is 15.9 Å². The van der Waals surface area contributed by atoms with Crippen LogP contribution in [0.4, 0.5) is 10.2 Å². The third kappa shape index (κ3) is 4.12. The van der Waals surface area contributed by atoms with E-state index < -0.39 is 5.82 Å². The molecule has 0 amide bonds. The summed E-state index contributed by atoms with van der Waals surface area (Å²) in [5.41, 5.74) is 2.00. The van der Waals surface area contributed by atoms with E-state index in [1.54, 1.807) is 12.1 Å². The average molecular weight is 392 g/mol. The predicted octanol–water partition coefficient (Wildman–Crippen LogP) is 4.12. The minimum absolute atomic E-state index is 0.110. The molecule has 3 aromatic rings. The van der Waals surface area contributed by atoms with Crippen LogP contribution in [-0.2, 0) is 4.74 Å². The topological polar surface area (TPSA) is 51.7 Å². The molecule has 0 unspecified atom stereocenters. The van der Waals surface area contributed by atoms with Crippen LogP contribution < -0.4 is 9.64 Å². The summed E-state index contributed by atoms with van der Waals surface area (Å²) in [6.45, 7) is 2.76. The van der Waals surface area contributed by atoms with E-state index in [1.807, 2.05) is 30.3 Å². The van der Waals surface area contributed by atoms with E-state index in [1.165, 1.54) is 25.3 Å². The second-order valence-electron chi connectivity index (χ2n) is 6.74. The lowest BCUT2D eigenvalue weighted by Gasteiger charge is -2.29. The molecule has 1 aliphatic heterocycles. The number of hydrogen-bond acceptors (Lipinski definition) is 5. The van der Waals surface area contributed by atoms with Gasteiger partial charge in [-0.15, -0.1) is 0 Å². The Balaban J connectivity index is 1.68. The van der Waals surface area contributed by atoms with E-state index in [9.17, 15) is 9.18 Å². The first-order valence-corrected chi connectivity index (χ1v) is 9.44. The van der Waals surface area contributed by atoms with Crippen molar-refractivity contribution in [2.24, 2.45) is 0 Å². The molecule has 1 saturated heterocycles. The summed E-state index contributed by atoms with van der Waals surface area (Å²) in [5, 5.41) is 0.993. The van der Waals surface area contributed by atoms with Crippen LogP contribution >= 0.6 is 0 Å². The minimum atomic E-state index is -0.562. The van der Waals surface area contributed by atoms with E-state index in [0.717, 1.165) is 35.4 Å². The number of ketones is 1. The zero-order valence-corrected chi connectivity index (χ0v) is 16.1. The maximum atomic E-state index is 13.9. The van der Waals surface area contributed by atoms with E-state index >= 15 is 0 Å². The van der Waals surface area contributed by atoms with Crippen LogP contribution in [0, 0.1) is 5.82 Å². The van der Waals surface area contributed by atoms with Gasteiger partial charge in [0.05, 0.1) is 25.8 Å². The molecular formula is C23H21FN2O3. The SMILES string of the molecule is COc1ccc(C(=O)/C=C/c2cc3ccccc3nc2N2CCOCC2)cc1F. The van der Waals surface area contributed by atoms with Crippen molar-refractivity contribution in [3.63, 3.8) is 0 Å². The van der Waals surface area contributed by atoms with Gasteiger partial charge in [0.2, 0.25) is 0 Å². The van der Waals surface area contributed by atoms with Gasteiger partial charge in [-0.05, 0) is 42.5 Å². The highest BCUT2D eigenvalue weighted by Gasteiger charge is 2.16. The van der Waals surface area contributed by atoms with E-state index in [4.69, 9.17) is 14.5 Å². The summed E-state index contributed by atoms with van der Waals surface area (Å²) in [6, 6.07) is 14.1. The molecule has 29 heavy (non-hydrogen) atoms. The molecule has 0 bridgehead atoms. The molecular weight excluding hydrogens is 371 g/mol. The number of aromatic nitrogens is 1. The number of fused-ring (bicyclic) bond motifs is 1. The van der Waals surface area contributed by atoms with Crippen molar-refractivity contribution in [2.75, 3.05) is 38.3 Å². The molecule has 1 aliphatic rings. The lowest BCUT2D eigenvalue weighted by atomic mass is 10.1. The van der Waals surface area contributed by atoms with Gasteiger partial charge in [-0.1, -0.05) is 18.2 Å². The summed E-state index contributed by atoms with van der Waals surface area (Å²) in [7, 11) is 1.39. The molecule has 2 heterocycles. The molecule has 0 radical (unpaired) electrons. The standard InChI is InChI=1S/C23H21FN2O3/c1-28-22-9-7-17(15-19(22)24)21(27)8-6-18-14-16-4-2-3-5-20(16)25-23(18)26-10-12-29-13-11-26/h2-9,14-15H,10-13H2,1H3/b8-6+. The molecule has 5 nitrogen and oxygen atoms in total. The second kappa shape index (κ2) is 8.41. The largest absolute Gasteiger partial charge is 0.494 e. The van der Waals surface area contributed by atoms with Gasteiger partial charge >= 0.3 is 0 Å². The Morgan fingerprint density at radius 3 is 2.72 bits per heavy atom. The Morgan fingerprint density at radius 2 is 1.97 bits per heavy atom. The number of ether oxygens (including phenoxy) is 2. The first-order valence-electron chi connectivity index (χ1n) is 9.44. The number of benzene rings is 2. The molecule has 0 N–H and O–H groups in total. The van der Waals surface area contributed by atoms with Crippen LogP contribution in [0.25, 0.3) is 17.0 Å². The molecule has 0 aliphatic carbocycles. The third-order valence-electron chi connectivity index (χ3n) is 4.89. The highest BCUT2D eigenvalue weighted by molar-refractivity contribution is 6.07. The summed E-state index contributed by atoms with van der Waals surface area (Å²) < 4.78 is 24.3. The zero-order valence-electron chi connectivity index (χ0n) is 16.1. The van der Waals surface area contributed by atoms with Gasteiger partial charge in [0.1, 0.15) is 5.82 Å². The van der Waals surface area contributed by atoms with Crippen LogP contribution in [0.15, 0.2) is 54.6 Å². The molecule has 4 rings (SSSR count). The first kappa shape index (κ1) is 19.1. The number of anilines is 1. The first-order chi connectivity index (χ1) is 14.2. The Hall–Kier alpha value is -3.25. The number of halogens is 1. The molecule has 2 aromatic carbocycles. The van der Waals surface area contributed by atoms with Crippen LogP contribution in [0.5, 0.6) is 5.75 Å². The molecule has 148 valence electrons. The molecule has 1 aromatic heterocycles. The van der Waals surface area contributed by atoms with Gasteiger partial charge in [-0.3, -0.25) is 4.79 Å². The lowest BCUT2D eigenvalue weighted by Crippen LogP contribution is -2.37. The Bertz CT molecular complexity index is 1070. The van der Waals surface area contributed by atoms with Crippen LogP contribution in [-0.4, -0.2) is 44.2 Å². The van der Waals surface area contributed by atoms with Gasteiger partial charge in [0.15, 0.2) is 17.3 Å². The maximum absolute atomic E-state index is 13.9. The molecule has 6 heteroatoms. The van der Waals surface area contributed by atoms with Gasteiger partial charge < -0.3 is 14.4 Å². The summed E-state index contributed by atoms with van der Waals surface area (Å²) in [6.07, 6.45) is 3.20. The number of methoxy groups -OCH3 is 1. The average Bonchev–Trinajstić information content (AvgIpc) is 2.77. The smallest absolute Gasteiger partial charge is 0.185 e. The number of carbonyl (C=O) groups excluding carboxylic acids is 1. The zero-order chi connectivity index (χ0) is 20.2. The monoisotopic (exact) mass is 392 g/mol. The summed E-state index contributed by atoms with van der Waals surface area (Å²) in [4.78, 5) is 19.6. The Labute approximate surface area is 168 Å². The van der Waals surface area contributed by atoms with E-state index in [2.05, 4.69) is 4.90 Å². The fourth-order valence-electron chi connectivity index (χ4n) is 3.35. The summed E-state index contributed by atoms with van der Waals surface area (Å²) >= 11 is 0. The number of rotatable bonds is 5. The van der Waals surface area contributed by atoms with Crippen molar-refractivity contribution in [2.45, 2.75) is 0 Å². The van der Waals surface area contributed by atoms with Gasteiger partial charge in [-0.2, -0.15) is 0 Å². The van der Waals surface area contributed by atoms with Crippen molar-refractivity contribution in [1.82, 2.24) is 4.98 Å². The van der Waals surface area contributed by atoms with Crippen molar-refractivity contribution in [3.05, 3.63) is 71.6 Å². The number of nitrogens with zero attached hydrogens (tertiary/aromatic N) is 2. The fraction of sp³-hybridized carbons (Fsp3) is 0.217. The highest BCUT2D eigenvalue weighted by Crippen LogP contribution is 2.26. The van der Waals surface area contributed by atoms with E-state index in [0.29, 0.717) is 13.2 Å². The Kier molecular flexibility index (Phi) is 5.53. The molecule has 0 atom stereocenters. The number of allylic oxidation sites excluding steroid dienone is 1. The number of pyridine rings is 1. The number of carbonyl (C=O) groups is 1. The third-order valence-corrected chi connectivity index (χ3v) is 4.89. The number of morpholine rings is 1. The van der Waals surface area contributed by atoms with Crippen molar-refractivity contribution in [1.29, 1.82) is 0 Å². The number of para-hydroxylation sites is 1.